The van der Waals surface area contributed by atoms with Gasteiger partial charge in [-0.1, -0.05) is 6.42 Å². The van der Waals surface area contributed by atoms with Gasteiger partial charge in [-0.3, -0.25) is 4.79 Å². The summed E-state index contributed by atoms with van der Waals surface area (Å²) in [5.74, 6) is -0.0761. The van der Waals surface area contributed by atoms with Crippen LogP contribution in [0.25, 0.3) is 0 Å². The average molecular weight is 230 g/mol. The summed E-state index contributed by atoms with van der Waals surface area (Å²) >= 11 is 0. The lowest BCUT2D eigenvalue weighted by Crippen LogP contribution is -2.39. The minimum atomic E-state index is -0.0761. The van der Waals surface area contributed by atoms with E-state index in [4.69, 9.17) is 9.47 Å². The van der Waals surface area contributed by atoms with Gasteiger partial charge in [0, 0.05) is 19.7 Å². The predicted molar refractivity (Wildman–Crippen MR) is 61.3 cm³/mol. The largest absolute Gasteiger partial charge is 0.383 e. The molecule has 0 aromatic rings. The highest BCUT2D eigenvalue weighted by Crippen LogP contribution is 2.06. The van der Waals surface area contributed by atoms with E-state index in [0.717, 1.165) is 13.0 Å². The summed E-state index contributed by atoms with van der Waals surface area (Å²) in [6, 6.07) is 0.417. The van der Waals surface area contributed by atoms with E-state index < -0.39 is 0 Å². The average Bonchev–Trinajstić information content (AvgIpc) is 2.31. The zero-order valence-electron chi connectivity index (χ0n) is 9.96. The van der Waals surface area contributed by atoms with Gasteiger partial charge in [0.15, 0.2) is 0 Å². The number of methoxy groups -OCH3 is 1. The third kappa shape index (κ3) is 6.05. The van der Waals surface area contributed by atoms with Crippen LogP contribution >= 0.6 is 0 Å². The molecule has 5 nitrogen and oxygen atoms in total. The summed E-state index contributed by atoms with van der Waals surface area (Å²) in [4.78, 5) is 11.2. The highest BCUT2D eigenvalue weighted by atomic mass is 16.5. The predicted octanol–water partition coefficient (Wildman–Crippen LogP) is -0.0923. The second-order valence-corrected chi connectivity index (χ2v) is 4.00. The lowest BCUT2D eigenvalue weighted by molar-refractivity contribution is -0.126. The van der Waals surface area contributed by atoms with Crippen molar-refractivity contribution in [2.75, 3.05) is 40.0 Å². The molecule has 0 bridgehead atoms. The molecule has 1 atom stereocenters. The van der Waals surface area contributed by atoms with E-state index in [1.807, 2.05) is 0 Å². The van der Waals surface area contributed by atoms with Crippen molar-refractivity contribution in [3.05, 3.63) is 0 Å². The minimum absolute atomic E-state index is 0.0761. The number of nitrogens with one attached hydrogen (secondary N) is 2. The number of carbonyl (C=O) groups excluding carboxylic acids is 1. The fraction of sp³-hybridized carbons (Fsp3) is 0.909. The normalized spacial score (nSPS) is 20.7. The molecule has 0 spiro atoms. The molecule has 1 amide bonds. The first-order valence-electron chi connectivity index (χ1n) is 5.89. The highest BCUT2D eigenvalue weighted by Gasteiger charge is 2.12. The van der Waals surface area contributed by atoms with Crippen LogP contribution in [0.3, 0.4) is 0 Å². The highest BCUT2D eigenvalue weighted by molar-refractivity contribution is 5.77. The van der Waals surface area contributed by atoms with E-state index in [2.05, 4.69) is 10.6 Å². The van der Waals surface area contributed by atoms with Crippen molar-refractivity contribution in [2.45, 2.75) is 25.3 Å². The van der Waals surface area contributed by atoms with Crippen molar-refractivity contribution in [3.63, 3.8) is 0 Å². The summed E-state index contributed by atoms with van der Waals surface area (Å²) in [5, 5.41) is 6.08. The maximum absolute atomic E-state index is 11.2. The monoisotopic (exact) mass is 230 g/mol. The van der Waals surface area contributed by atoms with Crippen molar-refractivity contribution in [2.24, 2.45) is 0 Å². The molecule has 0 radical (unpaired) electrons. The topological polar surface area (TPSA) is 59.6 Å². The van der Waals surface area contributed by atoms with Crippen LogP contribution in [0.5, 0.6) is 0 Å². The summed E-state index contributed by atoms with van der Waals surface area (Å²) in [7, 11) is 1.61. The second kappa shape index (κ2) is 8.50. The Hall–Kier alpha value is -0.650. The Balaban J connectivity index is 1.94. The van der Waals surface area contributed by atoms with Crippen molar-refractivity contribution >= 4 is 5.91 Å². The Morgan fingerprint density at radius 3 is 3.06 bits per heavy atom. The Labute approximate surface area is 96.9 Å². The lowest BCUT2D eigenvalue weighted by atomic mass is 10.1. The number of rotatable bonds is 7. The van der Waals surface area contributed by atoms with E-state index in [-0.39, 0.29) is 12.5 Å². The van der Waals surface area contributed by atoms with Crippen LogP contribution in [0.15, 0.2) is 0 Å². The van der Waals surface area contributed by atoms with Crippen LogP contribution in [-0.2, 0) is 14.3 Å². The zero-order valence-corrected chi connectivity index (χ0v) is 9.96. The van der Waals surface area contributed by atoms with Gasteiger partial charge in [0.05, 0.1) is 13.2 Å². The molecule has 0 saturated carbocycles. The molecule has 0 aliphatic carbocycles. The van der Waals surface area contributed by atoms with Gasteiger partial charge in [0.1, 0.15) is 6.61 Å². The molecule has 0 aromatic carbocycles. The van der Waals surface area contributed by atoms with E-state index in [0.29, 0.717) is 25.8 Å². The molecule has 1 aliphatic heterocycles. The molecule has 1 heterocycles. The quantitative estimate of drug-likeness (QED) is 0.600. The number of carbonyl (C=O) groups is 1. The molecule has 1 saturated heterocycles. The van der Waals surface area contributed by atoms with Crippen LogP contribution in [0.4, 0.5) is 0 Å². The third-order valence-electron chi connectivity index (χ3n) is 2.59. The van der Waals surface area contributed by atoms with Gasteiger partial charge < -0.3 is 20.1 Å². The van der Waals surface area contributed by atoms with E-state index in [1.165, 1.54) is 12.8 Å². The molecule has 0 aromatic heterocycles. The smallest absolute Gasteiger partial charge is 0.246 e. The van der Waals surface area contributed by atoms with E-state index in [1.54, 1.807) is 7.11 Å². The SMILES string of the molecule is COCCNC(=O)COCC1CCCCN1. The lowest BCUT2D eigenvalue weighted by Gasteiger charge is -2.22. The first-order chi connectivity index (χ1) is 7.83. The van der Waals surface area contributed by atoms with Gasteiger partial charge in [0.2, 0.25) is 5.91 Å². The van der Waals surface area contributed by atoms with Gasteiger partial charge in [0.25, 0.3) is 0 Å². The molecular weight excluding hydrogens is 208 g/mol. The van der Waals surface area contributed by atoms with Crippen LogP contribution < -0.4 is 10.6 Å². The van der Waals surface area contributed by atoms with Crippen LogP contribution in [-0.4, -0.2) is 52.0 Å². The molecule has 1 aliphatic rings. The van der Waals surface area contributed by atoms with E-state index in [9.17, 15) is 4.79 Å². The fourth-order valence-corrected chi connectivity index (χ4v) is 1.70. The van der Waals surface area contributed by atoms with Crippen LogP contribution in [0.1, 0.15) is 19.3 Å². The molecule has 94 valence electrons. The van der Waals surface area contributed by atoms with Crippen LogP contribution in [0, 0.1) is 0 Å². The number of amides is 1. The van der Waals surface area contributed by atoms with Crippen molar-refractivity contribution < 1.29 is 14.3 Å². The maximum atomic E-state index is 11.2. The molecule has 16 heavy (non-hydrogen) atoms. The van der Waals surface area contributed by atoms with Gasteiger partial charge in [-0.25, -0.2) is 0 Å². The van der Waals surface area contributed by atoms with Crippen LogP contribution in [0.2, 0.25) is 0 Å². The molecule has 5 heteroatoms. The fourth-order valence-electron chi connectivity index (χ4n) is 1.70. The Kier molecular flexibility index (Phi) is 7.12. The Morgan fingerprint density at radius 1 is 1.50 bits per heavy atom. The molecular formula is C11H22N2O3. The minimum Gasteiger partial charge on any atom is -0.383 e. The number of hydrogen-bond donors (Lipinski definition) is 2. The number of piperidine rings is 1. The first kappa shape index (κ1) is 13.4. The van der Waals surface area contributed by atoms with Gasteiger partial charge in [-0.05, 0) is 19.4 Å². The summed E-state index contributed by atoms with van der Waals surface area (Å²) in [5.41, 5.74) is 0. The van der Waals surface area contributed by atoms with Crippen molar-refractivity contribution in [3.8, 4) is 0 Å². The maximum Gasteiger partial charge on any atom is 0.246 e. The standard InChI is InChI=1S/C11H22N2O3/c1-15-7-6-13-11(14)9-16-8-10-4-2-3-5-12-10/h10,12H,2-9H2,1H3,(H,13,14). The second-order valence-electron chi connectivity index (χ2n) is 4.00. The number of hydrogen-bond acceptors (Lipinski definition) is 4. The summed E-state index contributed by atoms with van der Waals surface area (Å²) < 4.78 is 10.2. The Morgan fingerprint density at radius 2 is 2.38 bits per heavy atom. The van der Waals surface area contributed by atoms with Gasteiger partial charge in [-0.2, -0.15) is 0 Å². The van der Waals surface area contributed by atoms with E-state index >= 15 is 0 Å². The first-order valence-corrected chi connectivity index (χ1v) is 5.89. The van der Waals surface area contributed by atoms with Gasteiger partial charge >= 0.3 is 0 Å². The van der Waals surface area contributed by atoms with Crippen molar-refractivity contribution in [1.82, 2.24) is 10.6 Å². The Bertz CT molecular complexity index is 194. The molecule has 2 N–H and O–H groups in total. The zero-order chi connectivity index (χ0) is 11.6. The molecule has 1 rings (SSSR count). The number of ether oxygens (including phenoxy) is 2. The van der Waals surface area contributed by atoms with Gasteiger partial charge in [-0.15, -0.1) is 0 Å². The summed E-state index contributed by atoms with van der Waals surface area (Å²) in [6.45, 7) is 2.91. The summed E-state index contributed by atoms with van der Waals surface area (Å²) in [6.07, 6.45) is 3.64. The van der Waals surface area contributed by atoms with Crippen molar-refractivity contribution in [1.29, 1.82) is 0 Å². The molecule has 1 unspecified atom stereocenters. The molecule has 1 fully saturated rings. The third-order valence-corrected chi connectivity index (χ3v) is 2.59.